The Labute approximate surface area is 144 Å². The Hall–Kier alpha value is -2.91. The minimum Gasteiger partial charge on any atom is -0.466 e. The van der Waals surface area contributed by atoms with E-state index in [1.54, 1.807) is 24.3 Å². The summed E-state index contributed by atoms with van der Waals surface area (Å²) in [4.78, 5) is 24.8. The molecule has 1 atom stereocenters. The summed E-state index contributed by atoms with van der Waals surface area (Å²) in [6.07, 6.45) is 0. The fourth-order valence-corrected chi connectivity index (χ4v) is 2.81. The molecule has 4 N–H and O–H groups in total. The first-order valence-corrected chi connectivity index (χ1v) is 8.78. The van der Waals surface area contributed by atoms with Crippen LogP contribution >= 0.6 is 0 Å². The molecule has 0 fully saturated rings. The maximum atomic E-state index is 12.6. The molecular weight excluding hydrogens is 346 g/mol. The lowest BCUT2D eigenvalue weighted by Gasteiger charge is -2.33. The van der Waals surface area contributed by atoms with Gasteiger partial charge in [0.1, 0.15) is 5.75 Å². The van der Waals surface area contributed by atoms with Gasteiger partial charge in [0.2, 0.25) is 10.0 Å². The van der Waals surface area contributed by atoms with Crippen molar-refractivity contribution in [2.24, 2.45) is 5.14 Å². The molecule has 1 aliphatic heterocycles. The molecule has 2 amide bonds. The fraction of sp³-hybridized carbons (Fsp3) is 0.125. The smallest absolute Gasteiger partial charge is 0.278 e. The summed E-state index contributed by atoms with van der Waals surface area (Å²) in [5.41, 5.74) is -0.989. The van der Waals surface area contributed by atoms with Crippen molar-refractivity contribution in [2.75, 3.05) is 10.6 Å². The SMILES string of the molecule is C[C@@]1(C(=O)Nc2ccc(S(N)(=O)=O)cc2)Oc2ccccc2NC1=O. The highest BCUT2D eigenvalue weighted by atomic mass is 32.2. The largest absolute Gasteiger partial charge is 0.466 e. The number of para-hydroxylation sites is 2. The number of primary sulfonamides is 1. The molecule has 0 aliphatic carbocycles. The molecule has 0 saturated heterocycles. The van der Waals surface area contributed by atoms with Crippen LogP contribution in [0.1, 0.15) is 6.92 Å². The zero-order valence-corrected chi connectivity index (χ0v) is 14.0. The van der Waals surface area contributed by atoms with Gasteiger partial charge in [-0.1, -0.05) is 12.1 Å². The van der Waals surface area contributed by atoms with Crippen molar-refractivity contribution < 1.29 is 22.7 Å². The van der Waals surface area contributed by atoms with Crippen LogP contribution in [0.2, 0.25) is 0 Å². The highest BCUT2D eigenvalue weighted by Crippen LogP contribution is 2.33. The van der Waals surface area contributed by atoms with E-state index in [1.165, 1.54) is 31.2 Å². The molecule has 0 unspecified atom stereocenters. The second-order valence-electron chi connectivity index (χ2n) is 5.61. The number of ether oxygens (including phenoxy) is 1. The van der Waals surface area contributed by atoms with Gasteiger partial charge in [-0.2, -0.15) is 0 Å². The minimum atomic E-state index is -3.82. The molecule has 2 aromatic carbocycles. The molecule has 1 heterocycles. The normalized spacial score (nSPS) is 19.4. The van der Waals surface area contributed by atoms with Crippen molar-refractivity contribution in [2.45, 2.75) is 17.4 Å². The minimum absolute atomic E-state index is 0.0858. The zero-order valence-electron chi connectivity index (χ0n) is 13.1. The molecular formula is C16H15N3O5S. The van der Waals surface area contributed by atoms with E-state index in [0.29, 0.717) is 17.1 Å². The molecule has 3 rings (SSSR count). The van der Waals surface area contributed by atoms with Gasteiger partial charge in [0.25, 0.3) is 17.4 Å². The predicted octanol–water partition coefficient (Wildman–Crippen LogP) is 1.06. The number of anilines is 2. The third-order valence-corrected chi connectivity index (χ3v) is 4.69. The lowest BCUT2D eigenvalue weighted by Crippen LogP contribution is -2.56. The number of amides is 2. The highest BCUT2D eigenvalue weighted by Gasteiger charge is 2.47. The predicted molar refractivity (Wildman–Crippen MR) is 90.5 cm³/mol. The van der Waals surface area contributed by atoms with Gasteiger partial charge in [-0.15, -0.1) is 0 Å². The van der Waals surface area contributed by atoms with Gasteiger partial charge in [0.15, 0.2) is 0 Å². The van der Waals surface area contributed by atoms with E-state index in [9.17, 15) is 18.0 Å². The summed E-state index contributed by atoms with van der Waals surface area (Å²) in [5.74, 6) is -0.919. The van der Waals surface area contributed by atoms with Gasteiger partial charge in [-0.3, -0.25) is 9.59 Å². The third-order valence-electron chi connectivity index (χ3n) is 3.76. The van der Waals surface area contributed by atoms with Crippen LogP contribution in [0.15, 0.2) is 53.4 Å². The number of nitrogens with two attached hydrogens (primary N) is 1. The first kappa shape index (κ1) is 16.9. The Balaban J connectivity index is 1.82. The molecule has 0 saturated carbocycles. The van der Waals surface area contributed by atoms with Crippen LogP contribution < -0.4 is 20.5 Å². The second kappa shape index (κ2) is 5.87. The van der Waals surface area contributed by atoms with Crippen LogP contribution in [0.5, 0.6) is 5.75 Å². The molecule has 9 heteroatoms. The van der Waals surface area contributed by atoms with Crippen molar-refractivity contribution in [1.82, 2.24) is 0 Å². The monoisotopic (exact) mass is 361 g/mol. The quantitative estimate of drug-likeness (QED) is 0.705. The first-order chi connectivity index (χ1) is 11.7. The number of nitrogens with one attached hydrogen (secondary N) is 2. The number of sulfonamides is 1. The van der Waals surface area contributed by atoms with E-state index in [1.807, 2.05) is 0 Å². The summed E-state index contributed by atoms with van der Waals surface area (Å²) in [6.45, 7) is 1.35. The molecule has 8 nitrogen and oxygen atoms in total. The molecule has 1 aliphatic rings. The van der Waals surface area contributed by atoms with E-state index < -0.39 is 27.4 Å². The molecule has 0 spiro atoms. The summed E-state index contributed by atoms with van der Waals surface area (Å²) in [5, 5.41) is 10.2. The number of rotatable bonds is 3. The van der Waals surface area contributed by atoms with Gasteiger partial charge in [0.05, 0.1) is 10.6 Å². The number of carbonyl (C=O) groups excluding carboxylic acids is 2. The van der Waals surface area contributed by atoms with E-state index in [4.69, 9.17) is 9.88 Å². The lowest BCUT2D eigenvalue weighted by atomic mass is 10.0. The number of hydrogen-bond acceptors (Lipinski definition) is 5. The Bertz CT molecular complexity index is 956. The van der Waals surface area contributed by atoms with Crippen LogP contribution in [0.3, 0.4) is 0 Å². The molecule has 0 bridgehead atoms. The molecule has 0 aromatic heterocycles. The van der Waals surface area contributed by atoms with Crippen LogP contribution in [0.25, 0.3) is 0 Å². The van der Waals surface area contributed by atoms with Crippen molar-refractivity contribution in [3.8, 4) is 5.75 Å². The van der Waals surface area contributed by atoms with Gasteiger partial charge in [0, 0.05) is 5.69 Å². The summed E-state index contributed by atoms with van der Waals surface area (Å²) in [7, 11) is -3.82. The Morgan fingerprint density at radius 2 is 1.80 bits per heavy atom. The summed E-state index contributed by atoms with van der Waals surface area (Å²) in [6, 6.07) is 12.0. The number of benzene rings is 2. The standard InChI is InChI=1S/C16H15N3O5S/c1-16(15(21)19-12-4-2-3-5-13(12)24-16)14(20)18-10-6-8-11(9-7-10)25(17,22)23/h2-9H,1H3,(H,18,20)(H,19,21)(H2,17,22,23)/t16-/m0/s1. The van der Waals surface area contributed by atoms with E-state index in [0.717, 1.165) is 0 Å². The van der Waals surface area contributed by atoms with Crippen molar-refractivity contribution in [3.63, 3.8) is 0 Å². The van der Waals surface area contributed by atoms with Gasteiger partial charge in [-0.25, -0.2) is 13.6 Å². The maximum absolute atomic E-state index is 12.6. The Morgan fingerprint density at radius 3 is 2.44 bits per heavy atom. The number of hydrogen-bond donors (Lipinski definition) is 3. The Kier molecular flexibility index (Phi) is 3.97. The molecule has 25 heavy (non-hydrogen) atoms. The summed E-state index contributed by atoms with van der Waals surface area (Å²) >= 11 is 0. The van der Waals surface area contributed by atoms with Gasteiger partial charge in [-0.05, 0) is 43.3 Å². The maximum Gasteiger partial charge on any atom is 0.278 e. The first-order valence-electron chi connectivity index (χ1n) is 7.24. The van der Waals surface area contributed by atoms with Crippen molar-refractivity contribution in [1.29, 1.82) is 0 Å². The van der Waals surface area contributed by atoms with Crippen LogP contribution in [0, 0.1) is 0 Å². The topological polar surface area (TPSA) is 128 Å². The van der Waals surface area contributed by atoms with Gasteiger partial charge >= 0.3 is 0 Å². The van der Waals surface area contributed by atoms with E-state index in [2.05, 4.69) is 10.6 Å². The third kappa shape index (κ3) is 3.19. The summed E-state index contributed by atoms with van der Waals surface area (Å²) < 4.78 is 28.1. The van der Waals surface area contributed by atoms with Gasteiger partial charge < -0.3 is 15.4 Å². The average molecular weight is 361 g/mol. The second-order valence-corrected chi connectivity index (χ2v) is 7.17. The molecule has 130 valence electrons. The Morgan fingerprint density at radius 1 is 1.16 bits per heavy atom. The fourth-order valence-electron chi connectivity index (χ4n) is 2.29. The number of carbonyl (C=O) groups is 2. The van der Waals surface area contributed by atoms with Crippen LogP contribution in [-0.2, 0) is 19.6 Å². The van der Waals surface area contributed by atoms with Crippen LogP contribution in [0.4, 0.5) is 11.4 Å². The lowest BCUT2D eigenvalue weighted by molar-refractivity contribution is -0.143. The van der Waals surface area contributed by atoms with Crippen LogP contribution in [-0.4, -0.2) is 25.8 Å². The highest BCUT2D eigenvalue weighted by molar-refractivity contribution is 7.89. The average Bonchev–Trinajstić information content (AvgIpc) is 2.55. The zero-order chi connectivity index (χ0) is 18.2. The number of fused-ring (bicyclic) bond motifs is 1. The van der Waals surface area contributed by atoms with E-state index >= 15 is 0 Å². The molecule has 2 aromatic rings. The molecule has 0 radical (unpaired) electrons. The van der Waals surface area contributed by atoms with Crippen molar-refractivity contribution in [3.05, 3.63) is 48.5 Å². The van der Waals surface area contributed by atoms with Crippen molar-refractivity contribution >= 4 is 33.2 Å². The van der Waals surface area contributed by atoms with E-state index in [-0.39, 0.29) is 4.90 Å².